The second-order valence-corrected chi connectivity index (χ2v) is 5.59. The van der Waals surface area contributed by atoms with Gasteiger partial charge in [-0.25, -0.2) is 14.4 Å². The van der Waals surface area contributed by atoms with Crippen molar-refractivity contribution in [2.24, 2.45) is 0 Å². The van der Waals surface area contributed by atoms with Crippen LogP contribution in [0.5, 0.6) is 0 Å². The molecule has 0 spiro atoms. The molecule has 0 aromatic heterocycles. The normalized spacial score (nSPS) is 10.0. The molecule has 0 radical (unpaired) electrons. The van der Waals surface area contributed by atoms with Gasteiger partial charge in [0.15, 0.2) is 0 Å². The van der Waals surface area contributed by atoms with Crippen LogP contribution in [-0.4, -0.2) is 49.7 Å². The summed E-state index contributed by atoms with van der Waals surface area (Å²) in [5, 5.41) is 8.11. The first-order valence-corrected chi connectivity index (χ1v) is 8.79. The SMILES string of the molecule is CCCCNC(=O)Nc1cc(NC(=O)N(CC)CC)ccc1C(=O)OC. The first-order chi connectivity index (χ1) is 12.5. The summed E-state index contributed by atoms with van der Waals surface area (Å²) in [7, 11) is 1.27. The van der Waals surface area contributed by atoms with Crippen molar-refractivity contribution in [2.75, 3.05) is 37.4 Å². The van der Waals surface area contributed by atoms with E-state index in [0.29, 0.717) is 25.3 Å². The average Bonchev–Trinajstić information content (AvgIpc) is 2.62. The maximum Gasteiger partial charge on any atom is 0.339 e. The van der Waals surface area contributed by atoms with Gasteiger partial charge in [-0.15, -0.1) is 0 Å². The van der Waals surface area contributed by atoms with Crippen LogP contribution in [0.15, 0.2) is 18.2 Å². The minimum Gasteiger partial charge on any atom is -0.465 e. The minimum absolute atomic E-state index is 0.207. The maximum absolute atomic E-state index is 12.2. The monoisotopic (exact) mass is 364 g/mol. The number of anilines is 2. The summed E-state index contributed by atoms with van der Waals surface area (Å²) < 4.78 is 4.74. The van der Waals surface area contributed by atoms with Gasteiger partial charge in [0.05, 0.1) is 18.4 Å². The number of benzene rings is 1. The van der Waals surface area contributed by atoms with Crippen molar-refractivity contribution in [3.63, 3.8) is 0 Å². The molecule has 144 valence electrons. The highest BCUT2D eigenvalue weighted by Gasteiger charge is 2.16. The molecule has 0 saturated carbocycles. The maximum atomic E-state index is 12.2. The molecule has 0 unspecified atom stereocenters. The summed E-state index contributed by atoms with van der Waals surface area (Å²) in [6.07, 6.45) is 1.82. The predicted molar refractivity (Wildman–Crippen MR) is 102 cm³/mol. The third-order valence-corrected chi connectivity index (χ3v) is 3.79. The highest BCUT2D eigenvalue weighted by atomic mass is 16.5. The molecule has 4 amide bonds. The third-order valence-electron chi connectivity index (χ3n) is 3.79. The minimum atomic E-state index is -0.574. The van der Waals surface area contributed by atoms with E-state index in [1.54, 1.807) is 11.0 Å². The molecule has 1 aromatic carbocycles. The van der Waals surface area contributed by atoms with E-state index in [0.717, 1.165) is 12.8 Å². The molecule has 0 saturated heterocycles. The molecule has 0 aliphatic heterocycles. The van der Waals surface area contributed by atoms with Gasteiger partial charge >= 0.3 is 18.0 Å². The fourth-order valence-electron chi connectivity index (χ4n) is 2.27. The van der Waals surface area contributed by atoms with Crippen molar-refractivity contribution in [1.29, 1.82) is 0 Å². The van der Waals surface area contributed by atoms with E-state index in [2.05, 4.69) is 16.0 Å². The summed E-state index contributed by atoms with van der Waals surface area (Å²) in [5.41, 5.74) is 0.945. The molecule has 1 aromatic rings. The molecule has 0 heterocycles. The number of nitrogens with one attached hydrogen (secondary N) is 3. The number of carbonyl (C=O) groups is 3. The number of unbranched alkanes of at least 4 members (excludes halogenated alkanes) is 1. The average molecular weight is 364 g/mol. The first kappa shape index (κ1) is 21.3. The van der Waals surface area contributed by atoms with Crippen LogP contribution in [-0.2, 0) is 4.74 Å². The molecule has 0 aliphatic rings. The molecule has 0 aliphatic carbocycles. The van der Waals surface area contributed by atoms with E-state index in [1.807, 2.05) is 20.8 Å². The van der Waals surface area contributed by atoms with Crippen molar-refractivity contribution >= 4 is 29.4 Å². The van der Waals surface area contributed by atoms with Crippen LogP contribution >= 0.6 is 0 Å². The number of ether oxygens (including phenoxy) is 1. The number of hydrogen-bond donors (Lipinski definition) is 3. The van der Waals surface area contributed by atoms with E-state index in [1.165, 1.54) is 19.2 Å². The van der Waals surface area contributed by atoms with E-state index in [4.69, 9.17) is 4.74 Å². The Kier molecular flexibility index (Phi) is 8.97. The van der Waals surface area contributed by atoms with Crippen molar-refractivity contribution in [2.45, 2.75) is 33.6 Å². The zero-order valence-electron chi connectivity index (χ0n) is 15.8. The number of hydrogen-bond acceptors (Lipinski definition) is 4. The molecular formula is C18H28N4O4. The van der Waals surface area contributed by atoms with Crippen LogP contribution in [0, 0.1) is 0 Å². The molecule has 8 heteroatoms. The molecular weight excluding hydrogens is 336 g/mol. The number of amides is 4. The lowest BCUT2D eigenvalue weighted by molar-refractivity contribution is 0.0602. The second kappa shape index (κ2) is 11.0. The van der Waals surface area contributed by atoms with Crippen LogP contribution in [0.1, 0.15) is 44.0 Å². The lowest BCUT2D eigenvalue weighted by atomic mass is 10.1. The molecule has 0 atom stereocenters. The number of urea groups is 2. The lowest BCUT2D eigenvalue weighted by Gasteiger charge is -2.20. The van der Waals surface area contributed by atoms with E-state index in [9.17, 15) is 14.4 Å². The van der Waals surface area contributed by atoms with Gasteiger partial charge < -0.3 is 25.6 Å². The first-order valence-electron chi connectivity index (χ1n) is 8.79. The quantitative estimate of drug-likeness (QED) is 0.487. The van der Waals surface area contributed by atoms with Crippen molar-refractivity contribution in [3.05, 3.63) is 23.8 Å². The Morgan fingerprint density at radius 1 is 1.08 bits per heavy atom. The molecule has 8 nitrogen and oxygen atoms in total. The zero-order valence-corrected chi connectivity index (χ0v) is 15.8. The fourth-order valence-corrected chi connectivity index (χ4v) is 2.27. The van der Waals surface area contributed by atoms with Crippen LogP contribution < -0.4 is 16.0 Å². The van der Waals surface area contributed by atoms with Gasteiger partial charge in [0, 0.05) is 25.3 Å². The van der Waals surface area contributed by atoms with E-state index < -0.39 is 12.0 Å². The van der Waals surface area contributed by atoms with Gasteiger partial charge in [-0.3, -0.25) is 0 Å². The van der Waals surface area contributed by atoms with E-state index >= 15 is 0 Å². The summed E-state index contributed by atoms with van der Waals surface area (Å²) in [6, 6.07) is 3.96. The highest BCUT2D eigenvalue weighted by Crippen LogP contribution is 2.22. The summed E-state index contributed by atoms with van der Waals surface area (Å²) >= 11 is 0. The Morgan fingerprint density at radius 3 is 2.35 bits per heavy atom. The highest BCUT2D eigenvalue weighted by molar-refractivity contribution is 6.02. The topological polar surface area (TPSA) is 99.8 Å². The standard InChI is InChI=1S/C18H28N4O4/c1-5-8-11-19-17(24)21-15-12-13(9-10-14(15)16(23)26-4)20-18(25)22(6-2)7-3/h9-10,12H,5-8,11H2,1-4H3,(H,20,25)(H2,19,21,24). The number of carbonyl (C=O) groups excluding carboxylic acids is 3. The Labute approximate surface area is 154 Å². The van der Waals surface area contributed by atoms with Gasteiger partial charge in [-0.05, 0) is 38.5 Å². The Morgan fingerprint density at radius 2 is 1.77 bits per heavy atom. The van der Waals surface area contributed by atoms with Gasteiger partial charge in [-0.1, -0.05) is 13.3 Å². The summed E-state index contributed by atoms with van der Waals surface area (Å²) in [6.45, 7) is 7.49. The van der Waals surface area contributed by atoms with Crippen molar-refractivity contribution < 1.29 is 19.1 Å². The van der Waals surface area contributed by atoms with Gasteiger partial charge in [0.2, 0.25) is 0 Å². The van der Waals surface area contributed by atoms with E-state index in [-0.39, 0.29) is 17.3 Å². The smallest absolute Gasteiger partial charge is 0.339 e. The number of methoxy groups -OCH3 is 1. The van der Waals surface area contributed by atoms with Crippen molar-refractivity contribution in [3.8, 4) is 0 Å². The van der Waals surface area contributed by atoms with Crippen molar-refractivity contribution in [1.82, 2.24) is 10.2 Å². The zero-order chi connectivity index (χ0) is 19.5. The Hall–Kier alpha value is -2.77. The third kappa shape index (κ3) is 6.27. The van der Waals surface area contributed by atoms with Gasteiger partial charge in [-0.2, -0.15) is 0 Å². The number of esters is 1. The summed E-state index contributed by atoms with van der Waals surface area (Å²) in [4.78, 5) is 37.7. The van der Waals surface area contributed by atoms with Crippen LogP contribution in [0.25, 0.3) is 0 Å². The number of rotatable bonds is 8. The molecule has 0 bridgehead atoms. The van der Waals surface area contributed by atoms with Gasteiger partial charge in [0.25, 0.3) is 0 Å². The lowest BCUT2D eigenvalue weighted by Crippen LogP contribution is -2.34. The van der Waals surface area contributed by atoms with Crippen LogP contribution in [0.3, 0.4) is 0 Å². The molecule has 0 fully saturated rings. The predicted octanol–water partition coefficient (Wildman–Crippen LogP) is 3.27. The summed E-state index contributed by atoms with van der Waals surface area (Å²) in [5.74, 6) is -0.574. The van der Waals surface area contributed by atoms with Crippen LogP contribution in [0.2, 0.25) is 0 Å². The molecule has 3 N–H and O–H groups in total. The molecule has 1 rings (SSSR count). The fraction of sp³-hybridized carbons (Fsp3) is 0.500. The number of nitrogens with zero attached hydrogens (tertiary/aromatic N) is 1. The Bertz CT molecular complexity index is 630. The second-order valence-electron chi connectivity index (χ2n) is 5.59. The largest absolute Gasteiger partial charge is 0.465 e. The van der Waals surface area contributed by atoms with Gasteiger partial charge in [0.1, 0.15) is 0 Å². The Balaban J connectivity index is 2.98. The van der Waals surface area contributed by atoms with Crippen LogP contribution in [0.4, 0.5) is 21.0 Å². The molecule has 26 heavy (non-hydrogen) atoms.